The van der Waals surface area contributed by atoms with E-state index in [1.807, 2.05) is 0 Å². The minimum atomic E-state index is -4.20. The van der Waals surface area contributed by atoms with Gasteiger partial charge in [-0.25, -0.2) is 13.5 Å². The van der Waals surface area contributed by atoms with E-state index in [0.29, 0.717) is 5.56 Å². The van der Waals surface area contributed by atoms with Gasteiger partial charge in [-0.1, -0.05) is 36.4 Å². The molecule has 2 aliphatic carbocycles. The Balaban J connectivity index is 1.35. The van der Waals surface area contributed by atoms with Crippen molar-refractivity contribution in [3.63, 3.8) is 0 Å². The number of ketones is 1. The zero-order valence-corrected chi connectivity index (χ0v) is 18.2. The van der Waals surface area contributed by atoms with Gasteiger partial charge in [0.05, 0.1) is 0 Å². The fourth-order valence-corrected chi connectivity index (χ4v) is 5.56. The molecule has 2 aliphatic rings. The first-order chi connectivity index (χ1) is 15.4. The minimum absolute atomic E-state index is 0.223. The number of carbonyl (C=O) groups excluding carboxylic acids is 2. The molecule has 8 heteroatoms. The van der Waals surface area contributed by atoms with Gasteiger partial charge >= 0.3 is 16.2 Å². The first-order valence-corrected chi connectivity index (χ1v) is 12.1. The van der Waals surface area contributed by atoms with E-state index in [1.165, 1.54) is 29.6 Å². The van der Waals surface area contributed by atoms with Crippen LogP contribution < -0.4 is 10.0 Å². The number of benzene rings is 2. The monoisotopic (exact) mass is 449 g/mol. The molecule has 32 heavy (non-hydrogen) atoms. The van der Waals surface area contributed by atoms with Crippen molar-refractivity contribution >= 4 is 27.7 Å². The summed E-state index contributed by atoms with van der Waals surface area (Å²) in [5.74, 6) is -0.292. The van der Waals surface area contributed by atoms with Crippen molar-refractivity contribution in [2.45, 2.75) is 38.5 Å². The zero-order valence-electron chi connectivity index (χ0n) is 17.4. The van der Waals surface area contributed by atoms with Crippen LogP contribution in [0.4, 0.5) is 10.5 Å². The molecule has 2 aromatic carbocycles. The number of aromatic nitrogens is 1. The smallest absolute Gasteiger partial charge is 0.307 e. The molecule has 0 fully saturated rings. The summed E-state index contributed by atoms with van der Waals surface area (Å²) in [4.78, 5) is 25.2. The van der Waals surface area contributed by atoms with Gasteiger partial charge in [-0.2, -0.15) is 8.42 Å². The van der Waals surface area contributed by atoms with Crippen LogP contribution in [0.5, 0.6) is 0 Å². The first-order valence-electron chi connectivity index (χ1n) is 10.7. The molecule has 0 saturated heterocycles. The van der Waals surface area contributed by atoms with Crippen molar-refractivity contribution in [2.24, 2.45) is 0 Å². The van der Waals surface area contributed by atoms with Gasteiger partial charge in [0.1, 0.15) is 0 Å². The molecule has 2 amide bonds. The van der Waals surface area contributed by atoms with Crippen molar-refractivity contribution in [2.75, 3.05) is 5.32 Å². The number of hydrogen-bond acceptors (Lipinski definition) is 4. The van der Waals surface area contributed by atoms with Gasteiger partial charge in [-0.15, -0.1) is 0 Å². The third kappa shape index (κ3) is 3.71. The maximum atomic E-state index is 12.8. The normalized spacial score (nSPS) is 14.6. The predicted octanol–water partition coefficient (Wildman–Crippen LogP) is 3.61. The van der Waals surface area contributed by atoms with Gasteiger partial charge in [0.15, 0.2) is 5.78 Å². The molecule has 3 aromatic rings. The quantitative estimate of drug-likeness (QED) is 0.582. The summed E-state index contributed by atoms with van der Waals surface area (Å²) >= 11 is 0. The molecule has 0 radical (unpaired) electrons. The number of anilines is 1. The van der Waals surface area contributed by atoms with E-state index in [4.69, 9.17) is 0 Å². The molecule has 164 valence electrons. The summed E-state index contributed by atoms with van der Waals surface area (Å²) < 4.78 is 28.4. The highest BCUT2D eigenvalue weighted by Crippen LogP contribution is 2.38. The van der Waals surface area contributed by atoms with Gasteiger partial charge in [0.25, 0.3) is 0 Å². The predicted molar refractivity (Wildman–Crippen MR) is 121 cm³/mol. The lowest BCUT2D eigenvalue weighted by Gasteiger charge is -2.16. The largest absolute Gasteiger partial charge is 0.334 e. The second-order valence-electron chi connectivity index (χ2n) is 8.22. The Labute approximate surface area is 186 Å². The Bertz CT molecular complexity index is 1290. The van der Waals surface area contributed by atoms with Gasteiger partial charge < -0.3 is 5.32 Å². The maximum absolute atomic E-state index is 12.8. The van der Waals surface area contributed by atoms with Crippen LogP contribution in [0.15, 0.2) is 54.9 Å². The van der Waals surface area contributed by atoms with Gasteiger partial charge in [0, 0.05) is 29.2 Å². The van der Waals surface area contributed by atoms with Crippen LogP contribution in [0.2, 0.25) is 0 Å². The van der Waals surface area contributed by atoms with E-state index in [9.17, 15) is 18.0 Å². The Hall–Kier alpha value is -3.39. The molecule has 1 aromatic heterocycles. The maximum Gasteiger partial charge on any atom is 0.334 e. The molecular weight excluding hydrogens is 426 g/mol. The molecule has 0 atom stereocenters. The Kier molecular flexibility index (Phi) is 5.09. The second kappa shape index (κ2) is 7.94. The van der Waals surface area contributed by atoms with Crippen molar-refractivity contribution in [3.05, 3.63) is 88.2 Å². The second-order valence-corrected chi connectivity index (χ2v) is 9.80. The minimum Gasteiger partial charge on any atom is -0.307 e. The summed E-state index contributed by atoms with van der Waals surface area (Å²) in [6.45, 7) is 0. The van der Waals surface area contributed by atoms with Crippen LogP contribution in [0.1, 0.15) is 51.0 Å². The summed E-state index contributed by atoms with van der Waals surface area (Å²) in [6, 6.07) is 11.5. The zero-order chi connectivity index (χ0) is 22.3. The van der Waals surface area contributed by atoms with Gasteiger partial charge in [-0.3, -0.25) is 4.79 Å². The molecule has 0 spiro atoms. The van der Waals surface area contributed by atoms with E-state index in [2.05, 4.69) is 16.1 Å². The van der Waals surface area contributed by atoms with Crippen molar-refractivity contribution < 1.29 is 18.0 Å². The van der Waals surface area contributed by atoms with E-state index in [1.54, 1.807) is 30.3 Å². The summed E-state index contributed by atoms with van der Waals surface area (Å²) in [5, 5.41) is 2.81. The van der Waals surface area contributed by atoms with Crippen LogP contribution in [0.3, 0.4) is 0 Å². The molecule has 1 heterocycles. The fourth-order valence-electron chi connectivity index (χ4n) is 4.69. The number of rotatable bonds is 5. The topological polar surface area (TPSA) is 97.3 Å². The average Bonchev–Trinajstić information content (AvgIpc) is 3.53. The molecule has 5 rings (SSSR count). The standard InChI is InChI=1S/C24H23N3O4S/c28-23(16-6-2-1-3-7-16)19-12-13-27(15-19)32(30,31)26-24(29)25-22-20-10-4-8-17(20)14-18-9-5-11-21(18)22/h1-3,6-7,12-15H,4-5,8-11H2,(H2,25,26,29). The molecule has 7 nitrogen and oxygen atoms in total. The van der Waals surface area contributed by atoms with Crippen molar-refractivity contribution in [1.82, 2.24) is 8.69 Å². The van der Waals surface area contributed by atoms with Crippen LogP contribution in [-0.4, -0.2) is 24.2 Å². The number of carbonyl (C=O) groups is 2. The third-order valence-corrected chi connectivity index (χ3v) is 7.40. The lowest BCUT2D eigenvalue weighted by Crippen LogP contribution is -2.38. The van der Waals surface area contributed by atoms with Crippen LogP contribution in [0, 0.1) is 0 Å². The SMILES string of the molecule is O=C(Nc1c2c(cc3c1CCC3)CCC2)NS(=O)(=O)n1ccc(C(=O)c2ccccc2)c1. The lowest BCUT2D eigenvalue weighted by atomic mass is 9.99. The highest BCUT2D eigenvalue weighted by molar-refractivity contribution is 7.88. The lowest BCUT2D eigenvalue weighted by molar-refractivity contribution is 0.103. The summed E-state index contributed by atoms with van der Waals surface area (Å²) in [7, 11) is -4.20. The van der Waals surface area contributed by atoms with E-state index in [0.717, 1.165) is 59.3 Å². The molecule has 0 aliphatic heterocycles. The highest BCUT2D eigenvalue weighted by Gasteiger charge is 2.26. The molecule has 0 bridgehead atoms. The van der Waals surface area contributed by atoms with E-state index >= 15 is 0 Å². The number of amides is 2. The van der Waals surface area contributed by atoms with Crippen LogP contribution in [-0.2, 0) is 35.9 Å². The number of hydrogen-bond donors (Lipinski definition) is 2. The Morgan fingerprint density at radius 2 is 1.50 bits per heavy atom. The Morgan fingerprint density at radius 1 is 0.844 bits per heavy atom. The molecule has 0 unspecified atom stereocenters. The molecule has 0 saturated carbocycles. The van der Waals surface area contributed by atoms with Crippen LogP contribution in [0.25, 0.3) is 0 Å². The molecular formula is C24H23N3O4S. The van der Waals surface area contributed by atoms with Gasteiger partial charge in [0.2, 0.25) is 0 Å². The third-order valence-electron chi connectivity index (χ3n) is 6.18. The first kappa shape index (κ1) is 20.5. The number of urea groups is 1. The number of nitrogens with one attached hydrogen (secondary N) is 2. The summed E-state index contributed by atoms with van der Waals surface area (Å²) in [6.07, 6.45) is 8.27. The van der Waals surface area contributed by atoms with Gasteiger partial charge in [-0.05, 0) is 66.8 Å². The van der Waals surface area contributed by atoms with Crippen molar-refractivity contribution in [3.8, 4) is 0 Å². The highest BCUT2D eigenvalue weighted by atomic mass is 32.2. The Morgan fingerprint density at radius 3 is 2.16 bits per heavy atom. The van der Waals surface area contributed by atoms with Crippen molar-refractivity contribution in [1.29, 1.82) is 0 Å². The van der Waals surface area contributed by atoms with E-state index < -0.39 is 16.2 Å². The average molecular weight is 450 g/mol. The van der Waals surface area contributed by atoms with E-state index in [-0.39, 0.29) is 11.3 Å². The fraction of sp³-hybridized carbons (Fsp3) is 0.250. The number of nitrogens with zero attached hydrogens (tertiary/aromatic N) is 1. The molecule has 2 N–H and O–H groups in total. The number of fused-ring (bicyclic) bond motifs is 2. The van der Waals surface area contributed by atoms with Crippen LogP contribution >= 0.6 is 0 Å². The number of aryl methyl sites for hydroxylation is 2. The summed E-state index contributed by atoms with van der Waals surface area (Å²) in [5.41, 5.74) is 6.19.